The Hall–Kier alpha value is -0.870. The fourth-order valence-electron chi connectivity index (χ4n) is 1.62. The van der Waals surface area contributed by atoms with Crippen LogP contribution in [0.5, 0.6) is 0 Å². The zero-order valence-corrected chi connectivity index (χ0v) is 12.7. The van der Waals surface area contributed by atoms with Crippen LogP contribution in [0.2, 0.25) is 0 Å². The fraction of sp³-hybridized carbons (Fsp3) is 0.500. The molecule has 0 aromatic heterocycles. The Bertz CT molecular complexity index is 441. The van der Waals surface area contributed by atoms with Crippen molar-refractivity contribution < 1.29 is 14.6 Å². The maximum atomic E-state index is 11.8. The van der Waals surface area contributed by atoms with Crippen LogP contribution >= 0.6 is 15.9 Å². The van der Waals surface area contributed by atoms with Gasteiger partial charge in [0.25, 0.3) is 0 Å². The van der Waals surface area contributed by atoms with Gasteiger partial charge in [-0.1, -0.05) is 28.1 Å². The molecule has 1 N–H and O–H groups in total. The van der Waals surface area contributed by atoms with Gasteiger partial charge < -0.3 is 9.84 Å². The Labute approximate surface area is 116 Å². The molecular formula is C14H19BrO3. The highest BCUT2D eigenvalue weighted by atomic mass is 79.9. The van der Waals surface area contributed by atoms with Crippen LogP contribution in [-0.4, -0.2) is 17.7 Å². The highest BCUT2D eigenvalue weighted by Crippen LogP contribution is 2.35. The molecule has 0 amide bonds. The minimum Gasteiger partial charge on any atom is -0.465 e. The van der Waals surface area contributed by atoms with Gasteiger partial charge in [-0.2, -0.15) is 0 Å². The average Bonchev–Trinajstić information content (AvgIpc) is 2.32. The Balaban J connectivity index is 3.01. The maximum absolute atomic E-state index is 11.8. The number of halogens is 1. The molecule has 3 nitrogen and oxygen atoms in total. The molecule has 0 aliphatic carbocycles. The van der Waals surface area contributed by atoms with Gasteiger partial charge in [-0.15, -0.1) is 0 Å². The van der Waals surface area contributed by atoms with E-state index >= 15 is 0 Å². The van der Waals surface area contributed by atoms with Crippen molar-refractivity contribution in [1.29, 1.82) is 0 Å². The summed E-state index contributed by atoms with van der Waals surface area (Å²) in [6.07, 6.45) is -0.895. The zero-order valence-electron chi connectivity index (χ0n) is 11.2. The summed E-state index contributed by atoms with van der Waals surface area (Å²) in [7, 11) is 0. The Morgan fingerprint density at radius 1 is 1.50 bits per heavy atom. The number of hydrogen-bond donors (Lipinski definition) is 1. The van der Waals surface area contributed by atoms with Crippen molar-refractivity contribution in [2.45, 2.75) is 33.8 Å². The van der Waals surface area contributed by atoms with Crippen molar-refractivity contribution in [2.75, 3.05) is 6.61 Å². The van der Waals surface area contributed by atoms with E-state index in [1.165, 1.54) is 0 Å². The summed E-state index contributed by atoms with van der Waals surface area (Å²) < 4.78 is 5.91. The summed E-state index contributed by atoms with van der Waals surface area (Å²) in [5.41, 5.74) is 0.815. The predicted octanol–water partition coefficient (Wildman–Crippen LogP) is 3.38. The lowest BCUT2D eigenvalue weighted by molar-refractivity contribution is -0.160. The van der Waals surface area contributed by atoms with E-state index in [0.29, 0.717) is 12.2 Å². The van der Waals surface area contributed by atoms with Crippen LogP contribution in [-0.2, 0) is 9.53 Å². The third kappa shape index (κ3) is 3.12. The first-order valence-electron chi connectivity index (χ1n) is 5.92. The van der Waals surface area contributed by atoms with Crippen LogP contribution < -0.4 is 0 Å². The standard InChI is InChI=1S/C14H19BrO3/c1-5-18-13(17)14(3,4)12(16)10-7-6-9(2)11(15)8-10/h6-8,12,16H,5H2,1-4H3. The van der Waals surface area contributed by atoms with Crippen molar-refractivity contribution in [3.63, 3.8) is 0 Å². The number of hydrogen-bond acceptors (Lipinski definition) is 3. The number of aryl methyl sites for hydroxylation is 1. The first kappa shape index (κ1) is 15.2. The van der Waals surface area contributed by atoms with E-state index in [9.17, 15) is 9.90 Å². The number of ether oxygens (including phenoxy) is 1. The van der Waals surface area contributed by atoms with Gasteiger partial charge in [0.05, 0.1) is 18.1 Å². The SMILES string of the molecule is CCOC(=O)C(C)(C)C(O)c1ccc(C)c(Br)c1. The highest BCUT2D eigenvalue weighted by Gasteiger charge is 2.38. The zero-order chi connectivity index (χ0) is 13.9. The van der Waals surface area contributed by atoms with Gasteiger partial charge in [0, 0.05) is 4.47 Å². The van der Waals surface area contributed by atoms with Crippen LogP contribution in [0, 0.1) is 12.3 Å². The molecule has 0 saturated carbocycles. The van der Waals surface area contributed by atoms with Crippen LogP contribution in [0.25, 0.3) is 0 Å². The number of rotatable bonds is 4. The molecule has 0 radical (unpaired) electrons. The van der Waals surface area contributed by atoms with Gasteiger partial charge >= 0.3 is 5.97 Å². The predicted molar refractivity (Wildman–Crippen MR) is 74.3 cm³/mol. The summed E-state index contributed by atoms with van der Waals surface area (Å²) in [4.78, 5) is 11.8. The molecule has 0 aliphatic rings. The van der Waals surface area contributed by atoms with Crippen molar-refractivity contribution in [3.8, 4) is 0 Å². The number of benzene rings is 1. The van der Waals surface area contributed by atoms with Crippen molar-refractivity contribution >= 4 is 21.9 Å². The molecule has 1 unspecified atom stereocenters. The van der Waals surface area contributed by atoms with Gasteiger partial charge in [-0.05, 0) is 44.9 Å². The molecule has 1 rings (SSSR count). The lowest BCUT2D eigenvalue weighted by Crippen LogP contribution is -2.33. The largest absolute Gasteiger partial charge is 0.465 e. The number of carbonyl (C=O) groups is 1. The Kier molecular flexibility index (Phi) is 4.93. The molecule has 0 aliphatic heterocycles. The van der Waals surface area contributed by atoms with E-state index in [2.05, 4.69) is 15.9 Å². The van der Waals surface area contributed by atoms with E-state index in [4.69, 9.17) is 4.74 Å². The van der Waals surface area contributed by atoms with Gasteiger partial charge in [-0.25, -0.2) is 0 Å². The third-order valence-electron chi connectivity index (χ3n) is 3.00. The molecule has 100 valence electrons. The first-order valence-corrected chi connectivity index (χ1v) is 6.71. The van der Waals surface area contributed by atoms with Crippen LogP contribution in [0.15, 0.2) is 22.7 Å². The topological polar surface area (TPSA) is 46.5 Å². The monoisotopic (exact) mass is 314 g/mol. The normalized spacial score (nSPS) is 13.2. The molecule has 0 spiro atoms. The number of carbonyl (C=O) groups excluding carboxylic acids is 1. The van der Waals surface area contributed by atoms with E-state index < -0.39 is 17.5 Å². The molecule has 0 fully saturated rings. The van der Waals surface area contributed by atoms with Crippen LogP contribution in [0.4, 0.5) is 0 Å². The second-order valence-electron chi connectivity index (χ2n) is 4.85. The molecule has 0 heterocycles. The van der Waals surface area contributed by atoms with Gasteiger partial charge in [0.1, 0.15) is 0 Å². The average molecular weight is 315 g/mol. The summed E-state index contributed by atoms with van der Waals surface area (Å²) >= 11 is 3.42. The fourth-order valence-corrected chi connectivity index (χ4v) is 2.02. The summed E-state index contributed by atoms with van der Waals surface area (Å²) in [6, 6.07) is 5.57. The lowest BCUT2D eigenvalue weighted by Gasteiger charge is -2.28. The third-order valence-corrected chi connectivity index (χ3v) is 3.85. The molecule has 4 heteroatoms. The first-order chi connectivity index (χ1) is 8.30. The quantitative estimate of drug-likeness (QED) is 0.867. The molecule has 18 heavy (non-hydrogen) atoms. The second kappa shape index (κ2) is 5.85. The van der Waals surface area contributed by atoms with Gasteiger partial charge in [0.2, 0.25) is 0 Å². The molecule has 1 aromatic rings. The van der Waals surface area contributed by atoms with Crippen LogP contribution in [0.1, 0.15) is 38.0 Å². The van der Waals surface area contributed by atoms with E-state index in [0.717, 1.165) is 10.0 Å². The van der Waals surface area contributed by atoms with Gasteiger partial charge in [-0.3, -0.25) is 4.79 Å². The van der Waals surface area contributed by atoms with E-state index in [-0.39, 0.29) is 0 Å². The Morgan fingerprint density at radius 3 is 2.61 bits per heavy atom. The smallest absolute Gasteiger partial charge is 0.314 e. The highest BCUT2D eigenvalue weighted by molar-refractivity contribution is 9.10. The summed E-state index contributed by atoms with van der Waals surface area (Å²) in [5, 5.41) is 10.3. The summed E-state index contributed by atoms with van der Waals surface area (Å²) in [5.74, 6) is -0.394. The van der Waals surface area contributed by atoms with Crippen molar-refractivity contribution in [1.82, 2.24) is 0 Å². The van der Waals surface area contributed by atoms with Gasteiger partial charge in [0.15, 0.2) is 0 Å². The minimum absolute atomic E-state index is 0.312. The second-order valence-corrected chi connectivity index (χ2v) is 5.71. The minimum atomic E-state index is -0.968. The Morgan fingerprint density at radius 2 is 2.11 bits per heavy atom. The number of aliphatic hydroxyl groups excluding tert-OH is 1. The molecule has 1 aromatic carbocycles. The number of esters is 1. The van der Waals surface area contributed by atoms with Crippen molar-refractivity contribution in [3.05, 3.63) is 33.8 Å². The molecule has 0 bridgehead atoms. The molecular weight excluding hydrogens is 296 g/mol. The maximum Gasteiger partial charge on any atom is 0.314 e. The lowest BCUT2D eigenvalue weighted by atomic mass is 9.82. The van der Waals surface area contributed by atoms with E-state index in [1.54, 1.807) is 20.8 Å². The van der Waals surface area contributed by atoms with Crippen LogP contribution in [0.3, 0.4) is 0 Å². The summed E-state index contributed by atoms with van der Waals surface area (Å²) in [6.45, 7) is 7.40. The number of aliphatic hydroxyl groups is 1. The molecule has 1 atom stereocenters. The molecule has 0 saturated heterocycles. The van der Waals surface area contributed by atoms with E-state index in [1.807, 2.05) is 25.1 Å². The van der Waals surface area contributed by atoms with Crippen molar-refractivity contribution in [2.24, 2.45) is 5.41 Å².